The molecule has 0 saturated carbocycles. The van der Waals surface area contributed by atoms with E-state index in [1.54, 1.807) is 4.90 Å². The first kappa shape index (κ1) is 17.1. The molecule has 2 rings (SSSR count). The molecular weight excluding hydrogens is 302 g/mol. The van der Waals surface area contributed by atoms with Crippen molar-refractivity contribution in [2.24, 2.45) is 0 Å². The molecule has 4 nitrogen and oxygen atoms in total. The fourth-order valence-corrected chi connectivity index (χ4v) is 2.63. The fourth-order valence-electron chi connectivity index (χ4n) is 2.42. The first-order valence-electron chi connectivity index (χ1n) is 7.53. The number of hydrogen-bond donors (Lipinski definition) is 0. The molecule has 0 spiro atoms. The van der Waals surface area contributed by atoms with Crippen LogP contribution < -0.4 is 0 Å². The number of carbonyl (C=O) groups excluding carboxylic acids is 1. The van der Waals surface area contributed by atoms with Crippen molar-refractivity contribution in [2.75, 3.05) is 13.1 Å². The maximum atomic E-state index is 12.1. The lowest BCUT2D eigenvalue weighted by Gasteiger charge is -2.27. The smallest absolute Gasteiger partial charge is 0.410 e. The second kappa shape index (κ2) is 6.47. The average molecular weight is 326 g/mol. The maximum absolute atomic E-state index is 12.1. The van der Waals surface area contributed by atoms with Gasteiger partial charge in [0.25, 0.3) is 0 Å². The molecule has 0 radical (unpaired) electrons. The van der Waals surface area contributed by atoms with Crippen molar-refractivity contribution in [3.8, 4) is 0 Å². The summed E-state index contributed by atoms with van der Waals surface area (Å²) in [7, 11) is 0. The number of nitrogens with zero attached hydrogens (tertiary/aromatic N) is 1. The van der Waals surface area contributed by atoms with Crippen LogP contribution in [0.2, 0.25) is 5.02 Å². The first-order chi connectivity index (χ1) is 10.2. The Hall–Kier alpha value is -1.26. The quantitative estimate of drug-likeness (QED) is 0.833. The largest absolute Gasteiger partial charge is 0.444 e. The molecule has 1 aromatic carbocycles. The molecule has 1 saturated heterocycles. The van der Waals surface area contributed by atoms with E-state index in [-0.39, 0.29) is 11.7 Å². The summed E-state index contributed by atoms with van der Waals surface area (Å²) in [4.78, 5) is 13.8. The van der Waals surface area contributed by atoms with Crippen LogP contribution in [0.15, 0.2) is 24.3 Å². The summed E-state index contributed by atoms with van der Waals surface area (Å²) >= 11 is 5.98. The van der Waals surface area contributed by atoms with Crippen molar-refractivity contribution in [3.05, 3.63) is 34.9 Å². The third-order valence-corrected chi connectivity index (χ3v) is 3.80. The lowest BCUT2D eigenvalue weighted by molar-refractivity contribution is -0.0374. The van der Waals surface area contributed by atoms with Gasteiger partial charge >= 0.3 is 6.09 Å². The van der Waals surface area contributed by atoms with Gasteiger partial charge in [-0.1, -0.05) is 23.7 Å². The number of rotatable bonds is 3. The summed E-state index contributed by atoms with van der Waals surface area (Å²) in [6.45, 7) is 9.33. The second-order valence-electron chi connectivity index (χ2n) is 7.02. The SMILES string of the molecule is CC(C)(C)OC(=O)N1CCC(C)(OCc2cccc(Cl)c2)C1. The van der Waals surface area contributed by atoms with Gasteiger partial charge in [0.05, 0.1) is 18.8 Å². The molecule has 1 unspecified atom stereocenters. The Morgan fingerprint density at radius 3 is 2.77 bits per heavy atom. The highest BCUT2D eigenvalue weighted by molar-refractivity contribution is 6.30. The number of ether oxygens (including phenoxy) is 2. The van der Waals surface area contributed by atoms with Crippen molar-refractivity contribution >= 4 is 17.7 Å². The number of benzene rings is 1. The predicted octanol–water partition coefficient (Wildman–Crippen LogP) is 4.26. The van der Waals surface area contributed by atoms with E-state index in [0.717, 1.165) is 12.0 Å². The van der Waals surface area contributed by atoms with Crippen molar-refractivity contribution < 1.29 is 14.3 Å². The maximum Gasteiger partial charge on any atom is 0.410 e. The summed E-state index contributed by atoms with van der Waals surface area (Å²) in [5.74, 6) is 0. The molecule has 0 aliphatic carbocycles. The molecule has 1 aliphatic heterocycles. The van der Waals surface area contributed by atoms with E-state index in [0.29, 0.717) is 24.7 Å². The monoisotopic (exact) mass is 325 g/mol. The van der Waals surface area contributed by atoms with E-state index in [1.165, 1.54) is 0 Å². The summed E-state index contributed by atoms with van der Waals surface area (Å²) < 4.78 is 11.4. The van der Waals surface area contributed by atoms with Crippen molar-refractivity contribution in [2.45, 2.75) is 51.9 Å². The zero-order chi connectivity index (χ0) is 16.4. The van der Waals surface area contributed by atoms with Crippen LogP contribution in [0.4, 0.5) is 4.79 Å². The van der Waals surface area contributed by atoms with Gasteiger partial charge in [-0.2, -0.15) is 0 Å². The molecule has 1 aliphatic rings. The van der Waals surface area contributed by atoms with E-state index in [1.807, 2.05) is 52.0 Å². The Morgan fingerprint density at radius 1 is 1.41 bits per heavy atom. The van der Waals surface area contributed by atoms with E-state index in [4.69, 9.17) is 21.1 Å². The van der Waals surface area contributed by atoms with E-state index >= 15 is 0 Å². The van der Waals surface area contributed by atoms with Crippen molar-refractivity contribution in [3.63, 3.8) is 0 Å². The van der Waals surface area contributed by atoms with Crippen molar-refractivity contribution in [1.82, 2.24) is 4.90 Å². The minimum absolute atomic E-state index is 0.275. The van der Waals surface area contributed by atoms with Crippen molar-refractivity contribution in [1.29, 1.82) is 0 Å². The molecule has 122 valence electrons. The van der Waals surface area contributed by atoms with E-state index in [2.05, 4.69) is 0 Å². The zero-order valence-corrected chi connectivity index (χ0v) is 14.4. The first-order valence-corrected chi connectivity index (χ1v) is 7.91. The standard InChI is InChI=1S/C17H24ClNO3/c1-16(2,3)22-15(20)19-9-8-17(4,12-19)21-11-13-6-5-7-14(18)10-13/h5-7,10H,8-9,11-12H2,1-4H3. The molecular formula is C17H24ClNO3. The number of amides is 1. The summed E-state index contributed by atoms with van der Waals surface area (Å²) in [6.07, 6.45) is 0.523. The van der Waals surface area contributed by atoms with Crippen LogP contribution in [0.5, 0.6) is 0 Å². The number of likely N-dealkylation sites (tertiary alicyclic amines) is 1. The normalized spacial score (nSPS) is 22.0. The lowest BCUT2D eigenvalue weighted by atomic mass is 10.1. The minimum Gasteiger partial charge on any atom is -0.444 e. The molecule has 0 aromatic heterocycles. The average Bonchev–Trinajstić information content (AvgIpc) is 2.78. The number of hydrogen-bond acceptors (Lipinski definition) is 3. The zero-order valence-electron chi connectivity index (χ0n) is 13.7. The van der Waals surface area contributed by atoms with Crippen LogP contribution in [-0.2, 0) is 16.1 Å². The molecule has 5 heteroatoms. The van der Waals surface area contributed by atoms with E-state index < -0.39 is 5.60 Å². The van der Waals surface area contributed by atoms with Gasteiger partial charge in [0, 0.05) is 11.6 Å². The third kappa shape index (κ3) is 4.89. The van der Waals surface area contributed by atoms with Crippen LogP contribution in [0, 0.1) is 0 Å². The second-order valence-corrected chi connectivity index (χ2v) is 7.46. The lowest BCUT2D eigenvalue weighted by Crippen LogP contribution is -2.39. The van der Waals surface area contributed by atoms with Gasteiger partial charge in [-0.25, -0.2) is 4.79 Å². The Morgan fingerprint density at radius 2 is 2.14 bits per heavy atom. The highest BCUT2D eigenvalue weighted by Crippen LogP contribution is 2.27. The number of carbonyl (C=O) groups is 1. The summed E-state index contributed by atoms with van der Waals surface area (Å²) in [5.41, 5.74) is 0.209. The molecule has 0 bridgehead atoms. The Bertz CT molecular complexity index is 541. The summed E-state index contributed by atoms with van der Waals surface area (Å²) in [5, 5.41) is 0.702. The van der Waals surface area contributed by atoms with Gasteiger partial charge in [0.15, 0.2) is 0 Å². The molecule has 0 N–H and O–H groups in total. The van der Waals surface area contributed by atoms with Gasteiger partial charge in [0.1, 0.15) is 5.60 Å². The Kier molecular flexibility index (Phi) is 5.03. The van der Waals surface area contributed by atoms with Crippen LogP contribution in [0.3, 0.4) is 0 Å². The minimum atomic E-state index is -0.474. The molecule has 1 atom stereocenters. The molecule has 1 aromatic rings. The summed E-state index contributed by atoms with van der Waals surface area (Å²) in [6, 6.07) is 7.62. The van der Waals surface area contributed by atoms with Crippen LogP contribution in [-0.4, -0.2) is 35.3 Å². The number of halogens is 1. The van der Waals surface area contributed by atoms with Crippen LogP contribution >= 0.6 is 11.6 Å². The topological polar surface area (TPSA) is 38.8 Å². The third-order valence-electron chi connectivity index (χ3n) is 3.56. The Balaban J connectivity index is 1.89. The van der Waals surface area contributed by atoms with Gasteiger partial charge in [-0.05, 0) is 51.8 Å². The highest BCUT2D eigenvalue weighted by Gasteiger charge is 2.38. The predicted molar refractivity (Wildman–Crippen MR) is 87.1 cm³/mol. The van der Waals surface area contributed by atoms with Gasteiger partial charge < -0.3 is 14.4 Å². The molecule has 1 heterocycles. The molecule has 22 heavy (non-hydrogen) atoms. The van der Waals surface area contributed by atoms with E-state index in [9.17, 15) is 4.79 Å². The van der Waals surface area contributed by atoms with Gasteiger partial charge in [0.2, 0.25) is 0 Å². The molecule has 1 amide bonds. The highest BCUT2D eigenvalue weighted by atomic mass is 35.5. The fraction of sp³-hybridized carbons (Fsp3) is 0.588. The Labute approximate surface area is 137 Å². The van der Waals surface area contributed by atoms with Gasteiger partial charge in [-0.15, -0.1) is 0 Å². The van der Waals surface area contributed by atoms with Gasteiger partial charge in [-0.3, -0.25) is 0 Å². The molecule has 1 fully saturated rings. The van der Waals surface area contributed by atoms with Crippen LogP contribution in [0.25, 0.3) is 0 Å². The van der Waals surface area contributed by atoms with Crippen LogP contribution in [0.1, 0.15) is 39.7 Å².